The van der Waals surface area contributed by atoms with Crippen LogP contribution in [0, 0.1) is 6.92 Å². The molecular weight excluding hydrogens is 388 g/mol. The number of guanidine groups is 1. The smallest absolute Gasteiger partial charge is 0.296 e. The number of benzene rings is 2. The van der Waals surface area contributed by atoms with Gasteiger partial charge in [-0.3, -0.25) is 9.69 Å². The fourth-order valence-corrected chi connectivity index (χ4v) is 3.17. The van der Waals surface area contributed by atoms with Crippen LogP contribution < -0.4 is 15.8 Å². The molecule has 0 saturated carbocycles. The van der Waals surface area contributed by atoms with Crippen LogP contribution in [-0.4, -0.2) is 33.4 Å². The first-order valence-electron chi connectivity index (χ1n) is 8.83. The van der Waals surface area contributed by atoms with Gasteiger partial charge in [-0.2, -0.15) is 4.68 Å². The number of rotatable bonds is 5. The molecule has 1 aliphatic heterocycles. The van der Waals surface area contributed by atoms with Crippen molar-refractivity contribution >= 4 is 29.1 Å². The van der Waals surface area contributed by atoms with Gasteiger partial charge in [0.2, 0.25) is 11.4 Å². The van der Waals surface area contributed by atoms with Crippen molar-refractivity contribution in [2.75, 3.05) is 16.5 Å². The van der Waals surface area contributed by atoms with E-state index in [1.54, 1.807) is 13.2 Å². The Labute approximate surface area is 171 Å². The van der Waals surface area contributed by atoms with Crippen molar-refractivity contribution in [2.45, 2.75) is 18.4 Å². The van der Waals surface area contributed by atoms with Crippen LogP contribution in [0.15, 0.2) is 85.9 Å². The highest BCUT2D eigenvalue weighted by Gasteiger charge is 2.30. The summed E-state index contributed by atoms with van der Waals surface area (Å²) in [7, 11) is 0. The predicted octanol–water partition coefficient (Wildman–Crippen LogP) is 3.16. The first-order valence-corrected chi connectivity index (χ1v) is 10.1. The second-order valence-corrected chi connectivity index (χ2v) is 6.87. The number of aromatic nitrogens is 3. The van der Waals surface area contributed by atoms with Crippen molar-refractivity contribution in [1.29, 1.82) is 0 Å². The molecule has 0 aliphatic carbocycles. The summed E-state index contributed by atoms with van der Waals surface area (Å²) >= 11 is 1.28. The van der Waals surface area contributed by atoms with Gasteiger partial charge in [-0.05, 0) is 37.4 Å². The van der Waals surface area contributed by atoms with Crippen LogP contribution in [0.3, 0.4) is 0 Å². The Balaban J connectivity index is 1.77. The Bertz CT molecular complexity index is 1110. The summed E-state index contributed by atoms with van der Waals surface area (Å²) in [6, 6.07) is 19.3. The molecule has 1 N–H and O–H groups in total. The number of azo groups is 1. The molecule has 0 saturated heterocycles. The van der Waals surface area contributed by atoms with Gasteiger partial charge in [0.25, 0.3) is 11.5 Å². The molecule has 9 nitrogen and oxygen atoms in total. The lowest BCUT2D eigenvalue weighted by Crippen LogP contribution is -2.40. The van der Waals surface area contributed by atoms with E-state index in [9.17, 15) is 4.79 Å². The molecular formula is C19H18N8OS. The van der Waals surface area contributed by atoms with Crippen LogP contribution in [-0.2, 0) is 0 Å². The third-order valence-electron chi connectivity index (χ3n) is 4.16. The summed E-state index contributed by atoms with van der Waals surface area (Å²) in [5.74, 6) is 0.273. The summed E-state index contributed by atoms with van der Waals surface area (Å²) < 4.78 is 1.21. The number of para-hydroxylation sites is 2. The third-order valence-corrected chi connectivity index (χ3v) is 4.78. The van der Waals surface area contributed by atoms with Crippen molar-refractivity contribution in [1.82, 2.24) is 14.9 Å². The topological polar surface area (TPSA) is 100 Å². The Morgan fingerprint density at radius 3 is 2.41 bits per heavy atom. The van der Waals surface area contributed by atoms with E-state index in [1.807, 2.05) is 65.6 Å². The number of hydrogen-bond acceptors (Lipinski definition) is 7. The van der Waals surface area contributed by atoms with Crippen molar-refractivity contribution < 1.29 is 0 Å². The average Bonchev–Trinajstić information content (AvgIpc) is 3.15. The molecule has 1 unspecified atom stereocenters. The van der Waals surface area contributed by atoms with Gasteiger partial charge < -0.3 is 5.32 Å². The van der Waals surface area contributed by atoms with Crippen molar-refractivity contribution in [3.8, 4) is 0 Å². The number of anilines is 2. The lowest BCUT2D eigenvalue weighted by Gasteiger charge is -2.24. The zero-order valence-corrected chi connectivity index (χ0v) is 16.6. The van der Waals surface area contributed by atoms with Crippen LogP contribution in [0.4, 0.5) is 11.4 Å². The highest BCUT2D eigenvalue weighted by Crippen LogP contribution is 2.25. The summed E-state index contributed by atoms with van der Waals surface area (Å²) in [5, 5.41) is 24.6. The van der Waals surface area contributed by atoms with Crippen LogP contribution >= 0.6 is 11.8 Å². The van der Waals surface area contributed by atoms with Gasteiger partial charge >= 0.3 is 0 Å². The van der Waals surface area contributed by atoms with Gasteiger partial charge in [-0.25, -0.2) is 0 Å². The minimum atomic E-state index is -0.511. The summed E-state index contributed by atoms with van der Waals surface area (Å²) in [5.41, 5.74) is 1.64. The van der Waals surface area contributed by atoms with E-state index < -0.39 is 6.29 Å². The van der Waals surface area contributed by atoms with E-state index in [1.165, 1.54) is 16.4 Å². The molecule has 0 fully saturated rings. The normalized spacial score (nSPS) is 17.1. The van der Waals surface area contributed by atoms with Crippen molar-refractivity contribution in [2.24, 2.45) is 15.3 Å². The van der Waals surface area contributed by atoms with Crippen molar-refractivity contribution in [3.63, 3.8) is 0 Å². The average molecular weight is 406 g/mol. The van der Waals surface area contributed by atoms with Gasteiger partial charge in [0.15, 0.2) is 0 Å². The minimum absolute atomic E-state index is 0.257. The fourth-order valence-electron chi connectivity index (χ4n) is 2.75. The molecule has 0 spiro atoms. The molecule has 0 amide bonds. The molecule has 2 aromatic carbocycles. The molecule has 1 atom stereocenters. The van der Waals surface area contributed by atoms with Crippen LogP contribution in [0.2, 0.25) is 0 Å². The molecule has 2 heterocycles. The van der Waals surface area contributed by atoms with Crippen molar-refractivity contribution in [3.05, 3.63) is 76.7 Å². The van der Waals surface area contributed by atoms with Gasteiger partial charge in [0.05, 0.1) is 0 Å². The van der Waals surface area contributed by atoms with Crippen LogP contribution in [0.1, 0.15) is 5.69 Å². The first kappa shape index (κ1) is 18.8. The molecule has 29 heavy (non-hydrogen) atoms. The van der Waals surface area contributed by atoms with Gasteiger partial charge in [-0.1, -0.05) is 48.2 Å². The molecule has 4 rings (SSSR count). The quantitative estimate of drug-likeness (QED) is 0.654. The van der Waals surface area contributed by atoms with E-state index in [2.05, 4.69) is 30.8 Å². The minimum Gasteiger partial charge on any atom is -0.345 e. The molecule has 0 radical (unpaired) electrons. The molecule has 10 heteroatoms. The number of nitrogens with zero attached hydrogens (tertiary/aromatic N) is 7. The van der Waals surface area contributed by atoms with Crippen LogP contribution in [0.5, 0.6) is 0 Å². The number of nitrogens with one attached hydrogen (secondary N) is 1. The Morgan fingerprint density at radius 2 is 1.72 bits per heavy atom. The van der Waals surface area contributed by atoms with E-state index in [4.69, 9.17) is 0 Å². The molecule has 1 aliphatic rings. The summed E-state index contributed by atoms with van der Waals surface area (Å²) in [6.07, 6.45) is 1.29. The maximum Gasteiger partial charge on any atom is 0.296 e. The second kappa shape index (κ2) is 8.23. The molecule has 1 aromatic heterocycles. The van der Waals surface area contributed by atoms with Gasteiger partial charge in [-0.15, -0.1) is 25.5 Å². The second-order valence-electron chi connectivity index (χ2n) is 6.09. The lowest BCUT2D eigenvalue weighted by atomic mass is 10.3. The van der Waals surface area contributed by atoms with E-state index in [0.29, 0.717) is 5.16 Å². The Morgan fingerprint density at radius 1 is 1.03 bits per heavy atom. The maximum absolute atomic E-state index is 12.6. The third kappa shape index (κ3) is 3.87. The number of hydrogen-bond donors (Lipinski definition) is 1. The molecule has 3 aromatic rings. The largest absolute Gasteiger partial charge is 0.345 e. The lowest BCUT2D eigenvalue weighted by molar-refractivity contribution is 0.630. The van der Waals surface area contributed by atoms with E-state index in [-0.39, 0.29) is 17.2 Å². The van der Waals surface area contributed by atoms with E-state index in [0.717, 1.165) is 11.4 Å². The van der Waals surface area contributed by atoms with E-state index >= 15 is 0 Å². The van der Waals surface area contributed by atoms with Gasteiger partial charge in [0.1, 0.15) is 5.69 Å². The Kier molecular flexibility index (Phi) is 5.34. The van der Waals surface area contributed by atoms with Gasteiger partial charge in [0, 0.05) is 11.4 Å². The highest BCUT2D eigenvalue weighted by atomic mass is 32.2. The SMILES string of the molecule is CSc1nnc(C)c(=O)n1/N=C1/N=NC(Nc2ccccc2)N1c1ccccc1. The fraction of sp³-hybridized carbons (Fsp3) is 0.158. The molecule has 146 valence electrons. The number of aryl methyl sites for hydroxylation is 1. The summed E-state index contributed by atoms with van der Waals surface area (Å²) in [6.45, 7) is 1.60. The summed E-state index contributed by atoms with van der Waals surface area (Å²) in [4.78, 5) is 14.4. The van der Waals surface area contributed by atoms with Crippen LogP contribution in [0.25, 0.3) is 0 Å². The Hall–Kier alpha value is -3.53. The highest BCUT2D eigenvalue weighted by molar-refractivity contribution is 7.98. The standard InChI is InChI=1S/C19H18N8OS/c1-13-16(28)27(19(29-2)24-21-13)25-18-23-22-17(20-14-9-5-3-6-10-14)26(18)15-11-7-4-8-12-15/h3-12,17,20H,1-2H3/b25-18-. The zero-order chi connectivity index (χ0) is 20.2. The first-order chi connectivity index (χ1) is 14.2. The maximum atomic E-state index is 12.6. The molecule has 0 bridgehead atoms. The predicted molar refractivity (Wildman–Crippen MR) is 113 cm³/mol. The monoisotopic (exact) mass is 406 g/mol. The number of thioether (sulfide) groups is 1. The zero-order valence-electron chi connectivity index (χ0n) is 15.8.